The van der Waals surface area contributed by atoms with Gasteiger partial charge in [-0.2, -0.15) is 0 Å². The minimum absolute atomic E-state index is 0.231. The molecule has 0 saturated heterocycles. The Labute approximate surface area is 73.0 Å². The van der Waals surface area contributed by atoms with Gasteiger partial charge in [-0.3, -0.25) is 9.36 Å². The summed E-state index contributed by atoms with van der Waals surface area (Å²) in [5.74, 6) is 0. The standard InChI is InChI=1S/C8H7N3O2/c1-11-7-6(10-8(11)13)2-5(4-12)3-9-7/h2-4H,1H3,(H,10,13). The molecule has 0 saturated carbocycles. The van der Waals surface area contributed by atoms with Crippen LogP contribution in [-0.2, 0) is 7.05 Å². The number of rotatable bonds is 1. The van der Waals surface area contributed by atoms with Gasteiger partial charge in [0.1, 0.15) is 0 Å². The Morgan fingerprint density at radius 2 is 2.38 bits per heavy atom. The van der Waals surface area contributed by atoms with Gasteiger partial charge in [0.15, 0.2) is 11.9 Å². The van der Waals surface area contributed by atoms with E-state index in [1.54, 1.807) is 13.1 Å². The van der Waals surface area contributed by atoms with Crippen molar-refractivity contribution >= 4 is 17.5 Å². The lowest BCUT2D eigenvalue weighted by atomic mass is 10.3. The molecule has 5 nitrogen and oxygen atoms in total. The van der Waals surface area contributed by atoms with Gasteiger partial charge < -0.3 is 4.98 Å². The average molecular weight is 177 g/mol. The Morgan fingerprint density at radius 3 is 3.08 bits per heavy atom. The van der Waals surface area contributed by atoms with Crippen LogP contribution < -0.4 is 5.69 Å². The third kappa shape index (κ3) is 1.05. The van der Waals surface area contributed by atoms with Gasteiger partial charge in [0.2, 0.25) is 0 Å². The normalized spacial score (nSPS) is 10.5. The number of hydrogen-bond acceptors (Lipinski definition) is 3. The summed E-state index contributed by atoms with van der Waals surface area (Å²) in [6.45, 7) is 0. The summed E-state index contributed by atoms with van der Waals surface area (Å²) in [6.07, 6.45) is 2.13. The van der Waals surface area contributed by atoms with Crippen LogP contribution in [0.3, 0.4) is 0 Å². The van der Waals surface area contributed by atoms with Crippen LogP contribution in [0.2, 0.25) is 0 Å². The van der Waals surface area contributed by atoms with E-state index in [-0.39, 0.29) is 5.69 Å². The number of hydrogen-bond donors (Lipinski definition) is 1. The number of carbonyl (C=O) groups excluding carboxylic acids is 1. The van der Waals surface area contributed by atoms with Gasteiger partial charge in [0, 0.05) is 18.8 Å². The lowest BCUT2D eigenvalue weighted by Gasteiger charge is -1.92. The van der Waals surface area contributed by atoms with Crippen LogP contribution in [0, 0.1) is 0 Å². The molecule has 2 aromatic rings. The quantitative estimate of drug-likeness (QED) is 0.627. The first-order chi connectivity index (χ1) is 6.22. The summed E-state index contributed by atoms with van der Waals surface area (Å²) >= 11 is 0. The van der Waals surface area contributed by atoms with Crippen molar-refractivity contribution in [2.24, 2.45) is 7.05 Å². The van der Waals surface area contributed by atoms with Gasteiger partial charge >= 0.3 is 5.69 Å². The van der Waals surface area contributed by atoms with Gasteiger partial charge in [0.25, 0.3) is 0 Å². The van der Waals surface area contributed by atoms with Crippen LogP contribution >= 0.6 is 0 Å². The van der Waals surface area contributed by atoms with E-state index in [0.29, 0.717) is 23.0 Å². The van der Waals surface area contributed by atoms with Gasteiger partial charge in [-0.05, 0) is 6.07 Å². The Bertz CT molecular complexity index is 524. The average Bonchev–Trinajstić information content (AvgIpc) is 2.42. The summed E-state index contributed by atoms with van der Waals surface area (Å²) < 4.78 is 1.39. The molecule has 2 rings (SSSR count). The number of imidazole rings is 1. The highest BCUT2D eigenvalue weighted by atomic mass is 16.1. The molecule has 0 aliphatic heterocycles. The van der Waals surface area contributed by atoms with E-state index in [1.807, 2.05) is 0 Å². The maximum atomic E-state index is 11.1. The van der Waals surface area contributed by atoms with Crippen molar-refractivity contribution in [3.63, 3.8) is 0 Å². The Kier molecular flexibility index (Phi) is 1.51. The fourth-order valence-electron chi connectivity index (χ4n) is 1.19. The molecule has 0 amide bonds. The number of aromatic nitrogens is 3. The number of fused-ring (bicyclic) bond motifs is 1. The molecule has 66 valence electrons. The predicted molar refractivity (Wildman–Crippen MR) is 46.7 cm³/mol. The molecule has 1 N–H and O–H groups in total. The van der Waals surface area contributed by atoms with E-state index in [1.165, 1.54) is 10.8 Å². The first kappa shape index (κ1) is 7.72. The lowest BCUT2D eigenvalue weighted by molar-refractivity contribution is 0.112. The number of H-pyrrole nitrogens is 1. The fraction of sp³-hybridized carbons (Fsp3) is 0.125. The second-order valence-corrected chi connectivity index (χ2v) is 2.75. The third-order valence-electron chi connectivity index (χ3n) is 1.89. The van der Waals surface area contributed by atoms with Crippen LogP contribution in [0.4, 0.5) is 0 Å². The molecule has 0 aromatic carbocycles. The molecular weight excluding hydrogens is 170 g/mol. The molecular formula is C8H7N3O2. The molecule has 2 aromatic heterocycles. The number of aromatic amines is 1. The van der Waals surface area contributed by atoms with Crippen molar-refractivity contribution in [2.75, 3.05) is 0 Å². The molecule has 0 unspecified atom stereocenters. The van der Waals surface area contributed by atoms with Crippen molar-refractivity contribution < 1.29 is 4.79 Å². The number of aryl methyl sites for hydroxylation is 1. The zero-order chi connectivity index (χ0) is 9.42. The highest BCUT2D eigenvalue weighted by Gasteiger charge is 2.03. The van der Waals surface area contributed by atoms with Crippen molar-refractivity contribution in [3.05, 3.63) is 28.3 Å². The van der Waals surface area contributed by atoms with Crippen LogP contribution in [-0.4, -0.2) is 20.8 Å². The minimum Gasteiger partial charge on any atom is -0.304 e. The second kappa shape index (κ2) is 2.55. The SMILES string of the molecule is Cn1c(=O)[nH]c2cc(C=O)cnc21. The van der Waals surface area contributed by atoms with Crippen LogP contribution in [0.25, 0.3) is 11.2 Å². The highest BCUT2D eigenvalue weighted by Crippen LogP contribution is 2.06. The van der Waals surface area contributed by atoms with Crippen molar-refractivity contribution in [1.82, 2.24) is 14.5 Å². The number of nitrogens with one attached hydrogen (secondary N) is 1. The van der Waals surface area contributed by atoms with Crippen LogP contribution in [0.1, 0.15) is 10.4 Å². The predicted octanol–water partition coefficient (Wildman–Crippen LogP) is 0.0741. The molecule has 2 heterocycles. The maximum Gasteiger partial charge on any atom is 0.327 e. The summed E-state index contributed by atoms with van der Waals surface area (Å²) in [5, 5.41) is 0. The van der Waals surface area contributed by atoms with Crippen LogP contribution in [0.15, 0.2) is 17.1 Å². The molecule has 0 spiro atoms. The molecule has 0 atom stereocenters. The van der Waals surface area contributed by atoms with Gasteiger partial charge in [-0.15, -0.1) is 0 Å². The molecule has 0 fully saturated rings. The number of nitrogens with zero attached hydrogens (tertiary/aromatic N) is 2. The molecule has 5 heteroatoms. The largest absolute Gasteiger partial charge is 0.327 e. The van der Waals surface area contributed by atoms with E-state index >= 15 is 0 Å². The topological polar surface area (TPSA) is 67.8 Å². The van der Waals surface area contributed by atoms with E-state index in [9.17, 15) is 9.59 Å². The fourth-order valence-corrected chi connectivity index (χ4v) is 1.19. The van der Waals surface area contributed by atoms with E-state index < -0.39 is 0 Å². The summed E-state index contributed by atoms with van der Waals surface area (Å²) in [6, 6.07) is 1.59. The second-order valence-electron chi connectivity index (χ2n) is 2.75. The zero-order valence-corrected chi connectivity index (χ0v) is 6.94. The highest BCUT2D eigenvalue weighted by molar-refractivity contribution is 5.81. The van der Waals surface area contributed by atoms with E-state index in [0.717, 1.165) is 0 Å². The lowest BCUT2D eigenvalue weighted by Crippen LogP contribution is -2.12. The van der Waals surface area contributed by atoms with Crippen LogP contribution in [0.5, 0.6) is 0 Å². The van der Waals surface area contributed by atoms with Gasteiger partial charge in [0.05, 0.1) is 5.52 Å². The number of aldehydes is 1. The summed E-state index contributed by atoms with van der Waals surface area (Å²) in [5.41, 5.74) is 1.35. The Hall–Kier alpha value is -1.91. The maximum absolute atomic E-state index is 11.1. The first-order valence-electron chi connectivity index (χ1n) is 3.72. The van der Waals surface area contributed by atoms with Crippen molar-refractivity contribution in [1.29, 1.82) is 0 Å². The monoisotopic (exact) mass is 177 g/mol. The van der Waals surface area contributed by atoms with E-state index in [4.69, 9.17) is 0 Å². The number of pyridine rings is 1. The van der Waals surface area contributed by atoms with Gasteiger partial charge in [-0.1, -0.05) is 0 Å². The zero-order valence-electron chi connectivity index (χ0n) is 6.94. The Balaban J connectivity index is 2.87. The summed E-state index contributed by atoms with van der Waals surface area (Å²) in [4.78, 5) is 28.1. The van der Waals surface area contributed by atoms with Gasteiger partial charge in [-0.25, -0.2) is 9.78 Å². The molecule has 0 aliphatic rings. The third-order valence-corrected chi connectivity index (χ3v) is 1.89. The molecule has 13 heavy (non-hydrogen) atoms. The first-order valence-corrected chi connectivity index (χ1v) is 3.72. The molecule has 0 radical (unpaired) electrons. The van der Waals surface area contributed by atoms with E-state index in [2.05, 4.69) is 9.97 Å². The Morgan fingerprint density at radius 1 is 1.62 bits per heavy atom. The molecule has 0 aliphatic carbocycles. The van der Waals surface area contributed by atoms with Crippen molar-refractivity contribution in [2.45, 2.75) is 0 Å². The smallest absolute Gasteiger partial charge is 0.304 e. The summed E-state index contributed by atoms with van der Waals surface area (Å²) in [7, 11) is 1.62. The molecule has 0 bridgehead atoms. The minimum atomic E-state index is -0.231. The van der Waals surface area contributed by atoms with Crippen molar-refractivity contribution in [3.8, 4) is 0 Å². The number of carbonyl (C=O) groups is 1.